The second-order valence-corrected chi connectivity index (χ2v) is 4.44. The van der Waals surface area contributed by atoms with Crippen molar-refractivity contribution in [3.63, 3.8) is 0 Å². The van der Waals surface area contributed by atoms with Gasteiger partial charge in [-0.2, -0.15) is 0 Å². The van der Waals surface area contributed by atoms with Crippen molar-refractivity contribution in [1.82, 2.24) is 9.55 Å². The lowest BCUT2D eigenvalue weighted by Crippen LogP contribution is -2.08. The summed E-state index contributed by atoms with van der Waals surface area (Å²) in [7, 11) is 0. The number of hydrogen-bond acceptors (Lipinski definition) is 2. The van der Waals surface area contributed by atoms with E-state index in [-0.39, 0.29) is 0 Å². The molecule has 1 unspecified atom stereocenters. The number of rotatable bonds is 5. The summed E-state index contributed by atoms with van der Waals surface area (Å²) in [6.45, 7) is 5.09. The summed E-state index contributed by atoms with van der Waals surface area (Å²) >= 11 is 0. The number of hydrogen-bond donors (Lipinski definition) is 1. The minimum Gasteiger partial charge on any atom is -0.388 e. The second-order valence-electron chi connectivity index (χ2n) is 4.44. The Morgan fingerprint density at radius 3 is 2.56 bits per heavy atom. The van der Waals surface area contributed by atoms with E-state index >= 15 is 0 Å². The van der Waals surface area contributed by atoms with Crippen LogP contribution in [0.5, 0.6) is 0 Å². The predicted octanol–water partition coefficient (Wildman–Crippen LogP) is 2.74. The highest BCUT2D eigenvalue weighted by molar-refractivity contribution is 5.24. The molecule has 0 bridgehead atoms. The number of aliphatic hydroxyl groups excluding tert-OH is 1. The summed E-state index contributed by atoms with van der Waals surface area (Å²) in [6.07, 6.45) is 4.83. The summed E-state index contributed by atoms with van der Waals surface area (Å²) in [4.78, 5) is 4.29. The maximum Gasteiger partial charge on any atom is 0.111 e. The maximum atomic E-state index is 10.2. The molecule has 1 heterocycles. The van der Waals surface area contributed by atoms with Gasteiger partial charge in [0.1, 0.15) is 5.82 Å². The smallest absolute Gasteiger partial charge is 0.111 e. The summed E-state index contributed by atoms with van der Waals surface area (Å²) in [6, 6.07) is 8.15. The highest BCUT2D eigenvalue weighted by Gasteiger charge is 2.11. The molecule has 0 aliphatic carbocycles. The van der Waals surface area contributed by atoms with Gasteiger partial charge < -0.3 is 9.67 Å². The molecule has 0 saturated carbocycles. The number of aliphatic hydroxyl groups is 1. The first-order valence-corrected chi connectivity index (χ1v) is 6.51. The van der Waals surface area contributed by atoms with Crippen LogP contribution in [0.1, 0.15) is 36.9 Å². The normalized spacial score (nSPS) is 12.6. The van der Waals surface area contributed by atoms with Gasteiger partial charge in [0.2, 0.25) is 0 Å². The van der Waals surface area contributed by atoms with Crippen LogP contribution in [0, 0.1) is 0 Å². The van der Waals surface area contributed by atoms with Gasteiger partial charge in [-0.05, 0) is 24.5 Å². The lowest BCUT2D eigenvalue weighted by Gasteiger charge is -2.12. The van der Waals surface area contributed by atoms with Crippen molar-refractivity contribution in [1.29, 1.82) is 0 Å². The van der Waals surface area contributed by atoms with Crippen LogP contribution in [0.4, 0.5) is 0 Å². The van der Waals surface area contributed by atoms with Crippen molar-refractivity contribution in [2.24, 2.45) is 0 Å². The van der Waals surface area contributed by atoms with Crippen LogP contribution >= 0.6 is 0 Å². The fraction of sp³-hybridized carbons (Fsp3) is 0.400. The lowest BCUT2D eigenvalue weighted by molar-refractivity contribution is 0.174. The van der Waals surface area contributed by atoms with E-state index in [0.29, 0.717) is 6.42 Å². The minimum absolute atomic E-state index is 0.483. The maximum absolute atomic E-state index is 10.2. The van der Waals surface area contributed by atoms with Crippen molar-refractivity contribution < 1.29 is 5.11 Å². The molecule has 18 heavy (non-hydrogen) atoms. The van der Waals surface area contributed by atoms with E-state index in [0.717, 1.165) is 24.4 Å². The van der Waals surface area contributed by atoms with Crippen LogP contribution in [0.15, 0.2) is 36.7 Å². The van der Waals surface area contributed by atoms with Crippen LogP contribution in [0.2, 0.25) is 0 Å². The molecule has 0 radical (unpaired) electrons. The first-order chi connectivity index (χ1) is 8.74. The Balaban J connectivity index is 2.09. The van der Waals surface area contributed by atoms with Gasteiger partial charge in [-0.25, -0.2) is 4.98 Å². The zero-order valence-electron chi connectivity index (χ0n) is 11.0. The first-order valence-electron chi connectivity index (χ1n) is 6.51. The molecular formula is C15H20N2O. The monoisotopic (exact) mass is 244 g/mol. The van der Waals surface area contributed by atoms with E-state index in [9.17, 15) is 5.11 Å². The molecule has 0 saturated heterocycles. The van der Waals surface area contributed by atoms with Crippen LogP contribution in [-0.4, -0.2) is 14.7 Å². The molecule has 0 spiro atoms. The van der Waals surface area contributed by atoms with Crippen molar-refractivity contribution >= 4 is 0 Å². The molecule has 0 aliphatic rings. The zero-order chi connectivity index (χ0) is 13.0. The van der Waals surface area contributed by atoms with Crippen molar-refractivity contribution in [3.05, 3.63) is 53.6 Å². The van der Waals surface area contributed by atoms with Gasteiger partial charge in [0, 0.05) is 25.4 Å². The van der Waals surface area contributed by atoms with Gasteiger partial charge in [-0.1, -0.05) is 31.2 Å². The number of nitrogens with zero attached hydrogens (tertiary/aromatic N) is 2. The standard InChI is InChI=1S/C15H20N2O/c1-3-12-5-7-13(8-6-12)14(18)11-15-16-9-10-17(15)4-2/h5-10,14,18H,3-4,11H2,1-2H3. The number of imidazole rings is 1. The zero-order valence-corrected chi connectivity index (χ0v) is 11.0. The molecule has 0 amide bonds. The molecule has 0 aliphatic heterocycles. The van der Waals surface area contributed by atoms with E-state index in [1.54, 1.807) is 6.20 Å². The molecule has 0 fully saturated rings. The molecule has 1 aromatic carbocycles. The second kappa shape index (κ2) is 5.83. The van der Waals surface area contributed by atoms with E-state index in [4.69, 9.17) is 0 Å². The summed E-state index contributed by atoms with van der Waals surface area (Å²) in [5.74, 6) is 0.935. The molecule has 2 rings (SSSR count). The number of aromatic nitrogens is 2. The first kappa shape index (κ1) is 12.8. The molecule has 3 nitrogen and oxygen atoms in total. The highest BCUT2D eigenvalue weighted by atomic mass is 16.3. The molecule has 1 N–H and O–H groups in total. The Kier molecular flexibility index (Phi) is 4.15. The van der Waals surface area contributed by atoms with Gasteiger partial charge in [-0.3, -0.25) is 0 Å². The third kappa shape index (κ3) is 2.79. The Labute approximate surface area is 108 Å². The Morgan fingerprint density at radius 1 is 1.22 bits per heavy atom. The molecule has 1 atom stereocenters. The van der Waals surface area contributed by atoms with Crippen LogP contribution in [0.25, 0.3) is 0 Å². The third-order valence-corrected chi connectivity index (χ3v) is 3.29. The van der Waals surface area contributed by atoms with Crippen molar-refractivity contribution in [3.8, 4) is 0 Å². The Bertz CT molecular complexity index is 487. The van der Waals surface area contributed by atoms with E-state index in [1.165, 1.54) is 5.56 Å². The van der Waals surface area contributed by atoms with Gasteiger partial charge in [0.25, 0.3) is 0 Å². The predicted molar refractivity (Wildman–Crippen MR) is 72.4 cm³/mol. The highest BCUT2D eigenvalue weighted by Crippen LogP contribution is 2.18. The number of benzene rings is 1. The van der Waals surface area contributed by atoms with Crippen LogP contribution in [-0.2, 0) is 19.4 Å². The third-order valence-electron chi connectivity index (χ3n) is 3.29. The lowest BCUT2D eigenvalue weighted by atomic mass is 10.0. The van der Waals surface area contributed by atoms with Crippen molar-refractivity contribution in [2.75, 3.05) is 0 Å². The summed E-state index contributed by atoms with van der Waals surface area (Å²) in [5, 5.41) is 10.2. The quantitative estimate of drug-likeness (QED) is 0.878. The van der Waals surface area contributed by atoms with Gasteiger partial charge >= 0.3 is 0 Å². The molecule has 3 heteroatoms. The van der Waals surface area contributed by atoms with Crippen LogP contribution < -0.4 is 0 Å². The van der Waals surface area contributed by atoms with E-state index < -0.39 is 6.10 Å². The van der Waals surface area contributed by atoms with Gasteiger partial charge in [0.05, 0.1) is 6.10 Å². The van der Waals surface area contributed by atoms with Gasteiger partial charge in [-0.15, -0.1) is 0 Å². The fourth-order valence-electron chi connectivity index (χ4n) is 2.08. The molecule has 1 aromatic heterocycles. The molecule has 2 aromatic rings. The van der Waals surface area contributed by atoms with E-state index in [1.807, 2.05) is 18.3 Å². The van der Waals surface area contributed by atoms with Crippen molar-refractivity contribution in [2.45, 2.75) is 39.3 Å². The largest absolute Gasteiger partial charge is 0.388 e. The Morgan fingerprint density at radius 2 is 1.94 bits per heavy atom. The van der Waals surface area contributed by atoms with Gasteiger partial charge in [0.15, 0.2) is 0 Å². The molecule has 96 valence electrons. The summed E-state index contributed by atoms with van der Waals surface area (Å²) in [5.41, 5.74) is 2.25. The number of aryl methyl sites for hydroxylation is 2. The van der Waals surface area contributed by atoms with Crippen LogP contribution in [0.3, 0.4) is 0 Å². The SMILES string of the molecule is CCc1ccc(C(O)Cc2nccn2CC)cc1. The average molecular weight is 244 g/mol. The topological polar surface area (TPSA) is 38.1 Å². The minimum atomic E-state index is -0.483. The van der Waals surface area contributed by atoms with E-state index in [2.05, 4.69) is 35.5 Å². The molecular weight excluding hydrogens is 224 g/mol. The fourth-order valence-corrected chi connectivity index (χ4v) is 2.08. The average Bonchev–Trinajstić information content (AvgIpc) is 2.86. The summed E-state index contributed by atoms with van der Waals surface area (Å²) < 4.78 is 2.06. The Hall–Kier alpha value is -1.61.